The Balaban J connectivity index is 0.00000256. The lowest BCUT2D eigenvalue weighted by Crippen LogP contribution is -2.35. The van der Waals surface area contributed by atoms with Crippen molar-refractivity contribution in [2.24, 2.45) is 0 Å². The number of ether oxygens (including phenoxy) is 2. The number of carbonyl (C=O) groups excluding carboxylic acids is 1. The molecule has 10 heteroatoms. The zero-order valence-electron chi connectivity index (χ0n) is 16.0. The zero-order chi connectivity index (χ0) is 20.5. The summed E-state index contributed by atoms with van der Waals surface area (Å²) in [5.41, 5.74) is 1.97. The van der Waals surface area contributed by atoms with Crippen LogP contribution < -0.4 is 0 Å². The van der Waals surface area contributed by atoms with Crippen LogP contribution in [0.4, 0.5) is 0 Å². The summed E-state index contributed by atoms with van der Waals surface area (Å²) in [6, 6.07) is 12.0. The lowest BCUT2D eigenvalue weighted by Gasteiger charge is -2.14. The van der Waals surface area contributed by atoms with Crippen LogP contribution in [0.5, 0.6) is 0 Å². The predicted molar refractivity (Wildman–Crippen MR) is 111 cm³/mol. The van der Waals surface area contributed by atoms with E-state index in [0.29, 0.717) is 16.5 Å². The van der Waals surface area contributed by atoms with Crippen molar-refractivity contribution in [3.8, 4) is 0 Å². The maximum atomic E-state index is 12.1. The van der Waals surface area contributed by atoms with Gasteiger partial charge in [-0.2, -0.15) is 5.10 Å². The number of nitrogens with zero attached hydrogens (tertiary/aromatic N) is 3. The van der Waals surface area contributed by atoms with E-state index in [1.54, 1.807) is 40.9 Å². The van der Waals surface area contributed by atoms with Crippen LogP contribution in [0.15, 0.2) is 42.5 Å². The van der Waals surface area contributed by atoms with Gasteiger partial charge in [-0.05, 0) is 31.2 Å². The second kappa shape index (κ2) is 9.28. The first-order chi connectivity index (χ1) is 13.9. The van der Waals surface area contributed by atoms with Gasteiger partial charge in [-0.15, -0.1) is 12.4 Å². The third kappa shape index (κ3) is 4.43. The molecule has 0 radical (unpaired) electrons. The fourth-order valence-electron chi connectivity index (χ4n) is 3.43. The molecule has 0 amide bonds. The highest BCUT2D eigenvalue weighted by atomic mass is 35.5. The average Bonchev–Trinajstić information content (AvgIpc) is 3.17. The van der Waals surface area contributed by atoms with Gasteiger partial charge in [0.05, 0.1) is 22.9 Å². The van der Waals surface area contributed by atoms with E-state index in [1.807, 2.05) is 13.0 Å². The highest BCUT2D eigenvalue weighted by molar-refractivity contribution is 6.29. The SMILES string of the molecule is Cc1nc(C[C@@H]2O[C@H](COC(=O)c3ccccc3)[C@@H](O)[C@H]2O)n2nc(Cl)ccc12.Cl. The Kier molecular flexibility index (Phi) is 6.95. The summed E-state index contributed by atoms with van der Waals surface area (Å²) in [6.07, 6.45) is -3.69. The van der Waals surface area contributed by atoms with Gasteiger partial charge in [-0.1, -0.05) is 29.8 Å². The molecule has 1 aromatic carbocycles. The molecule has 0 aliphatic carbocycles. The van der Waals surface area contributed by atoms with Crippen molar-refractivity contribution < 1.29 is 24.5 Å². The summed E-state index contributed by atoms with van der Waals surface area (Å²) < 4.78 is 12.6. The molecule has 3 heterocycles. The van der Waals surface area contributed by atoms with Gasteiger partial charge in [-0.25, -0.2) is 14.3 Å². The fraction of sp³-hybridized carbons (Fsp3) is 0.350. The van der Waals surface area contributed by atoms with Crippen LogP contribution in [0.1, 0.15) is 21.9 Å². The monoisotopic (exact) mass is 453 g/mol. The Hall–Kier alpha value is -2.23. The highest BCUT2D eigenvalue weighted by Crippen LogP contribution is 2.25. The topological polar surface area (TPSA) is 106 Å². The van der Waals surface area contributed by atoms with E-state index >= 15 is 0 Å². The number of benzene rings is 1. The van der Waals surface area contributed by atoms with E-state index in [4.69, 9.17) is 21.1 Å². The van der Waals surface area contributed by atoms with Gasteiger partial charge in [0, 0.05) is 6.42 Å². The van der Waals surface area contributed by atoms with Gasteiger partial charge >= 0.3 is 5.97 Å². The number of hydrogen-bond acceptors (Lipinski definition) is 7. The summed E-state index contributed by atoms with van der Waals surface area (Å²) >= 11 is 5.98. The second-order valence-electron chi connectivity index (χ2n) is 6.93. The third-order valence-electron chi connectivity index (χ3n) is 4.95. The summed E-state index contributed by atoms with van der Waals surface area (Å²) in [6.45, 7) is 1.68. The average molecular weight is 454 g/mol. The van der Waals surface area contributed by atoms with E-state index < -0.39 is 30.4 Å². The normalized spacial score (nSPS) is 23.3. The van der Waals surface area contributed by atoms with Gasteiger partial charge in [0.15, 0.2) is 0 Å². The highest BCUT2D eigenvalue weighted by Gasteiger charge is 2.43. The maximum absolute atomic E-state index is 12.1. The van der Waals surface area contributed by atoms with Crippen molar-refractivity contribution >= 4 is 35.5 Å². The first-order valence-corrected chi connectivity index (χ1v) is 9.56. The number of hydrogen-bond donors (Lipinski definition) is 2. The lowest BCUT2D eigenvalue weighted by atomic mass is 10.1. The number of esters is 1. The molecule has 1 fully saturated rings. The molecular weight excluding hydrogens is 433 g/mol. The maximum Gasteiger partial charge on any atom is 0.338 e. The number of halogens is 2. The molecule has 4 rings (SSSR count). The van der Waals surface area contributed by atoms with Crippen molar-refractivity contribution in [2.75, 3.05) is 6.61 Å². The molecule has 2 aromatic heterocycles. The molecule has 1 saturated heterocycles. The Morgan fingerprint density at radius 3 is 2.60 bits per heavy atom. The van der Waals surface area contributed by atoms with Crippen LogP contribution in [0.2, 0.25) is 5.15 Å². The summed E-state index contributed by atoms with van der Waals surface area (Å²) in [7, 11) is 0. The molecular formula is C20H21Cl2N3O5. The van der Waals surface area contributed by atoms with Crippen LogP contribution in [-0.2, 0) is 15.9 Å². The smallest absolute Gasteiger partial charge is 0.338 e. The van der Waals surface area contributed by atoms with Crippen molar-refractivity contribution in [3.05, 3.63) is 64.7 Å². The molecule has 3 aromatic rings. The van der Waals surface area contributed by atoms with Gasteiger partial charge in [-0.3, -0.25) is 0 Å². The molecule has 1 aliphatic rings. The van der Waals surface area contributed by atoms with Crippen LogP contribution in [0, 0.1) is 6.92 Å². The number of aryl methyl sites for hydroxylation is 1. The van der Waals surface area contributed by atoms with Crippen molar-refractivity contribution in [1.29, 1.82) is 0 Å². The molecule has 4 atom stereocenters. The fourth-order valence-corrected chi connectivity index (χ4v) is 3.57. The quantitative estimate of drug-likeness (QED) is 0.568. The van der Waals surface area contributed by atoms with Gasteiger partial charge in [0.25, 0.3) is 0 Å². The second-order valence-corrected chi connectivity index (χ2v) is 7.32. The summed E-state index contributed by atoms with van der Waals surface area (Å²) in [5, 5.41) is 25.3. The molecule has 8 nitrogen and oxygen atoms in total. The van der Waals surface area contributed by atoms with E-state index in [1.165, 1.54) is 0 Å². The van der Waals surface area contributed by atoms with Gasteiger partial charge in [0.2, 0.25) is 0 Å². The molecule has 0 saturated carbocycles. The van der Waals surface area contributed by atoms with Crippen LogP contribution >= 0.6 is 24.0 Å². The van der Waals surface area contributed by atoms with E-state index in [-0.39, 0.29) is 25.4 Å². The molecule has 0 unspecified atom stereocenters. The number of imidazole rings is 1. The van der Waals surface area contributed by atoms with Crippen LogP contribution in [-0.4, -0.2) is 61.8 Å². The predicted octanol–water partition coefficient (Wildman–Crippen LogP) is 2.00. The Morgan fingerprint density at radius 1 is 1.17 bits per heavy atom. The Morgan fingerprint density at radius 2 is 1.87 bits per heavy atom. The van der Waals surface area contributed by atoms with Crippen LogP contribution in [0.3, 0.4) is 0 Å². The minimum Gasteiger partial charge on any atom is -0.459 e. The summed E-state index contributed by atoms with van der Waals surface area (Å²) in [5.74, 6) is 0.0336. The first kappa shape index (κ1) is 22.5. The first-order valence-electron chi connectivity index (χ1n) is 9.18. The molecule has 0 spiro atoms. The number of carbonyl (C=O) groups is 1. The largest absolute Gasteiger partial charge is 0.459 e. The number of aromatic nitrogens is 3. The minimum atomic E-state index is -1.19. The Bertz CT molecular complexity index is 1030. The third-order valence-corrected chi connectivity index (χ3v) is 5.15. The molecule has 30 heavy (non-hydrogen) atoms. The lowest BCUT2D eigenvalue weighted by molar-refractivity contribution is -0.0336. The summed E-state index contributed by atoms with van der Waals surface area (Å²) in [4.78, 5) is 16.6. The van der Waals surface area contributed by atoms with E-state index in [0.717, 1.165) is 11.2 Å². The van der Waals surface area contributed by atoms with Crippen molar-refractivity contribution in [1.82, 2.24) is 14.6 Å². The zero-order valence-corrected chi connectivity index (χ0v) is 17.6. The van der Waals surface area contributed by atoms with Crippen LogP contribution in [0.25, 0.3) is 5.52 Å². The van der Waals surface area contributed by atoms with Gasteiger partial charge < -0.3 is 19.7 Å². The van der Waals surface area contributed by atoms with Crippen molar-refractivity contribution in [2.45, 2.75) is 37.8 Å². The van der Waals surface area contributed by atoms with Gasteiger partial charge in [0.1, 0.15) is 35.9 Å². The molecule has 160 valence electrons. The van der Waals surface area contributed by atoms with E-state index in [2.05, 4.69) is 10.1 Å². The standard InChI is InChI=1S/C20H20ClN3O5.ClH/c1-11-13-7-8-16(21)23-24(13)17(22-11)9-14-18(25)19(26)15(29-14)10-28-20(27)12-5-3-2-4-6-12;/h2-8,14-15,18-19,25-26H,9-10H2,1H3;1H/t14-,15+,18-,19+;/m0./s1. The minimum absolute atomic E-state index is 0. The number of aliphatic hydroxyl groups excluding tert-OH is 2. The number of rotatable bonds is 5. The molecule has 0 bridgehead atoms. The number of fused-ring (bicyclic) bond motifs is 1. The van der Waals surface area contributed by atoms with E-state index in [9.17, 15) is 15.0 Å². The molecule has 2 N–H and O–H groups in total. The van der Waals surface area contributed by atoms with Crippen molar-refractivity contribution in [3.63, 3.8) is 0 Å². The molecule has 1 aliphatic heterocycles. The Labute approximate surface area is 183 Å². The number of aliphatic hydroxyl groups is 2.